The van der Waals surface area contributed by atoms with E-state index in [-0.39, 0.29) is 12.1 Å². The lowest BCUT2D eigenvalue weighted by molar-refractivity contribution is 0.129. The molecule has 2 aromatic rings. The lowest BCUT2D eigenvalue weighted by Crippen LogP contribution is -2.59. The average molecular weight is 326 g/mol. The fourth-order valence-electron chi connectivity index (χ4n) is 3.78. The van der Waals surface area contributed by atoms with Crippen molar-refractivity contribution < 1.29 is 5.11 Å². The first-order valence-electron chi connectivity index (χ1n) is 8.73. The molecule has 0 saturated carbocycles. The molecule has 2 nitrogen and oxygen atoms in total. The standard InChI is InChI=1S/C20H27NOSi/c1-23(17-10-4-2-5-11-17,18-12-6-3-7-13-18)16-20(22)19-14-8-9-15-21-19/h2-7,10-13,19-22H,8-9,14-16H2,1H3/t19-,20+/m0/s1. The predicted molar refractivity (Wildman–Crippen MR) is 100 cm³/mol. The van der Waals surface area contributed by atoms with Gasteiger partial charge in [-0.2, -0.15) is 0 Å². The van der Waals surface area contributed by atoms with Gasteiger partial charge in [0.1, 0.15) is 8.07 Å². The van der Waals surface area contributed by atoms with Gasteiger partial charge in [-0.05, 0) is 25.4 Å². The normalized spacial score (nSPS) is 20.2. The highest BCUT2D eigenvalue weighted by atomic mass is 28.3. The van der Waals surface area contributed by atoms with Crippen molar-refractivity contribution in [2.45, 2.75) is 44.0 Å². The molecule has 0 aromatic heterocycles. The topological polar surface area (TPSA) is 32.3 Å². The van der Waals surface area contributed by atoms with Gasteiger partial charge in [-0.15, -0.1) is 0 Å². The van der Waals surface area contributed by atoms with Crippen molar-refractivity contribution in [2.24, 2.45) is 0 Å². The summed E-state index contributed by atoms with van der Waals surface area (Å²) in [5, 5.41) is 17.2. The Morgan fingerprint density at radius 1 is 1.00 bits per heavy atom. The van der Waals surface area contributed by atoms with E-state index in [0.717, 1.165) is 19.0 Å². The zero-order valence-corrected chi connectivity index (χ0v) is 14.9. The summed E-state index contributed by atoms with van der Waals surface area (Å²) in [4.78, 5) is 0. The highest BCUT2D eigenvalue weighted by Crippen LogP contribution is 2.20. The van der Waals surface area contributed by atoms with E-state index in [4.69, 9.17) is 0 Å². The first-order chi connectivity index (χ1) is 11.2. The summed E-state index contributed by atoms with van der Waals surface area (Å²) >= 11 is 0. The Labute approximate surface area is 140 Å². The number of aliphatic hydroxyl groups excluding tert-OH is 1. The summed E-state index contributed by atoms with van der Waals surface area (Å²) in [5.74, 6) is 0. The van der Waals surface area contributed by atoms with Crippen LogP contribution in [0.5, 0.6) is 0 Å². The number of nitrogens with one attached hydrogen (secondary N) is 1. The Morgan fingerprint density at radius 3 is 2.04 bits per heavy atom. The summed E-state index contributed by atoms with van der Waals surface area (Å²) in [7, 11) is -1.94. The molecule has 3 rings (SSSR count). The van der Waals surface area contributed by atoms with Crippen LogP contribution < -0.4 is 15.7 Å². The minimum absolute atomic E-state index is 0.253. The molecule has 0 amide bonds. The number of hydrogen-bond donors (Lipinski definition) is 2. The fourth-order valence-corrected chi connectivity index (χ4v) is 7.56. The van der Waals surface area contributed by atoms with Crippen molar-refractivity contribution in [3.05, 3.63) is 60.7 Å². The van der Waals surface area contributed by atoms with Gasteiger partial charge in [0.15, 0.2) is 0 Å². The van der Waals surface area contributed by atoms with E-state index >= 15 is 0 Å². The predicted octanol–water partition coefficient (Wildman–Crippen LogP) is 2.38. The van der Waals surface area contributed by atoms with Crippen molar-refractivity contribution in [3.63, 3.8) is 0 Å². The second-order valence-corrected chi connectivity index (χ2v) is 11.1. The molecule has 1 fully saturated rings. The summed E-state index contributed by atoms with van der Waals surface area (Å²) in [6, 6.07) is 22.7. The maximum Gasteiger partial charge on any atom is 0.117 e. The molecular formula is C20H27NOSi. The molecule has 2 aromatic carbocycles. The van der Waals surface area contributed by atoms with E-state index in [0.29, 0.717) is 0 Å². The van der Waals surface area contributed by atoms with Crippen LogP contribution in [-0.4, -0.2) is 31.9 Å². The number of rotatable bonds is 5. The zero-order chi connectivity index (χ0) is 16.1. The van der Waals surface area contributed by atoms with Crippen LogP contribution in [0.2, 0.25) is 12.6 Å². The third-order valence-corrected chi connectivity index (χ3v) is 9.70. The Bertz CT molecular complexity index is 556. The van der Waals surface area contributed by atoms with Crippen LogP contribution in [0.3, 0.4) is 0 Å². The molecule has 2 atom stereocenters. The second kappa shape index (κ2) is 7.43. The van der Waals surface area contributed by atoms with E-state index < -0.39 is 8.07 Å². The van der Waals surface area contributed by atoms with Gasteiger partial charge in [-0.1, -0.05) is 84.0 Å². The lowest BCUT2D eigenvalue weighted by Gasteiger charge is -2.35. The third-order valence-electron chi connectivity index (χ3n) is 5.25. The van der Waals surface area contributed by atoms with Crippen LogP contribution in [-0.2, 0) is 0 Å². The molecule has 0 spiro atoms. The SMILES string of the molecule is C[Si](C[C@@H](O)[C@@H]1CCCCN1)(c1ccccc1)c1ccccc1. The van der Waals surface area contributed by atoms with Crippen LogP contribution in [0.25, 0.3) is 0 Å². The molecule has 2 N–H and O–H groups in total. The van der Waals surface area contributed by atoms with E-state index in [1.54, 1.807) is 0 Å². The highest BCUT2D eigenvalue weighted by Gasteiger charge is 2.36. The third kappa shape index (κ3) is 3.74. The Kier molecular flexibility index (Phi) is 5.31. The van der Waals surface area contributed by atoms with Gasteiger partial charge >= 0.3 is 0 Å². The molecule has 23 heavy (non-hydrogen) atoms. The van der Waals surface area contributed by atoms with E-state index in [9.17, 15) is 5.11 Å². The molecule has 1 saturated heterocycles. The molecule has 0 unspecified atom stereocenters. The van der Waals surface area contributed by atoms with Crippen LogP contribution in [0.4, 0.5) is 0 Å². The molecule has 3 heteroatoms. The molecule has 1 aliphatic heterocycles. The summed E-state index contributed by atoms with van der Waals surface area (Å²) in [6.07, 6.45) is 3.28. The quantitative estimate of drug-likeness (QED) is 0.827. The number of benzene rings is 2. The number of piperidine rings is 1. The Morgan fingerprint density at radius 2 is 1.57 bits per heavy atom. The van der Waals surface area contributed by atoms with Crippen LogP contribution in [0.1, 0.15) is 19.3 Å². The average Bonchev–Trinajstić information content (AvgIpc) is 2.64. The van der Waals surface area contributed by atoms with Crippen LogP contribution >= 0.6 is 0 Å². The van der Waals surface area contributed by atoms with Crippen LogP contribution in [0.15, 0.2) is 60.7 Å². The van der Waals surface area contributed by atoms with Gasteiger partial charge in [0.05, 0.1) is 6.10 Å². The molecular weight excluding hydrogens is 298 g/mol. The van der Waals surface area contributed by atoms with Gasteiger partial charge in [0.2, 0.25) is 0 Å². The first kappa shape index (κ1) is 16.4. The molecule has 1 heterocycles. The lowest BCUT2D eigenvalue weighted by atomic mass is 10.0. The molecule has 0 bridgehead atoms. The molecule has 122 valence electrons. The highest BCUT2D eigenvalue weighted by molar-refractivity contribution is 7.01. The summed E-state index contributed by atoms with van der Waals surface area (Å²) < 4.78 is 0. The van der Waals surface area contributed by atoms with Crippen molar-refractivity contribution in [3.8, 4) is 0 Å². The summed E-state index contributed by atoms with van der Waals surface area (Å²) in [5.41, 5.74) is 0. The van der Waals surface area contributed by atoms with Crippen molar-refractivity contribution in [1.82, 2.24) is 5.32 Å². The number of hydrogen-bond acceptors (Lipinski definition) is 2. The van der Waals surface area contributed by atoms with E-state index in [1.807, 2.05) is 0 Å². The largest absolute Gasteiger partial charge is 0.392 e. The first-order valence-corrected chi connectivity index (χ1v) is 11.4. The smallest absolute Gasteiger partial charge is 0.117 e. The van der Waals surface area contributed by atoms with Gasteiger partial charge in [-0.25, -0.2) is 0 Å². The minimum atomic E-state index is -1.94. The Balaban J connectivity index is 1.89. The van der Waals surface area contributed by atoms with E-state index in [2.05, 4.69) is 72.5 Å². The monoisotopic (exact) mass is 325 g/mol. The van der Waals surface area contributed by atoms with Gasteiger partial charge in [0, 0.05) is 6.04 Å². The van der Waals surface area contributed by atoms with Crippen molar-refractivity contribution in [1.29, 1.82) is 0 Å². The van der Waals surface area contributed by atoms with Crippen molar-refractivity contribution in [2.75, 3.05) is 6.54 Å². The maximum atomic E-state index is 10.9. The van der Waals surface area contributed by atoms with Gasteiger partial charge < -0.3 is 10.4 Å². The van der Waals surface area contributed by atoms with E-state index in [1.165, 1.54) is 23.2 Å². The maximum absolute atomic E-state index is 10.9. The van der Waals surface area contributed by atoms with Crippen molar-refractivity contribution >= 4 is 18.4 Å². The van der Waals surface area contributed by atoms with Gasteiger partial charge in [0.25, 0.3) is 0 Å². The molecule has 1 aliphatic rings. The van der Waals surface area contributed by atoms with Crippen LogP contribution in [0, 0.1) is 0 Å². The molecule has 0 aliphatic carbocycles. The molecule has 0 radical (unpaired) electrons. The summed E-state index contributed by atoms with van der Waals surface area (Å²) in [6.45, 7) is 3.43. The number of aliphatic hydroxyl groups is 1. The zero-order valence-electron chi connectivity index (χ0n) is 13.9. The minimum Gasteiger partial charge on any atom is -0.392 e. The Hall–Kier alpha value is -1.42. The van der Waals surface area contributed by atoms with Gasteiger partial charge in [-0.3, -0.25) is 0 Å². The second-order valence-electron chi connectivity index (χ2n) is 6.89. The fraction of sp³-hybridized carbons (Fsp3) is 0.400.